The van der Waals surface area contributed by atoms with Gasteiger partial charge in [0.25, 0.3) is 0 Å². The van der Waals surface area contributed by atoms with E-state index in [0.717, 1.165) is 8.27 Å². The van der Waals surface area contributed by atoms with Crippen molar-refractivity contribution in [2.24, 2.45) is 0 Å². The summed E-state index contributed by atoms with van der Waals surface area (Å²) in [5.41, 5.74) is 0. The summed E-state index contributed by atoms with van der Waals surface area (Å²) in [6.07, 6.45) is 0. The normalized spacial score (nSPS) is 10.4. The fraction of sp³-hybridized carbons (Fsp3) is 0. The van der Waals surface area contributed by atoms with Crippen molar-refractivity contribution in [3.63, 3.8) is 0 Å². The summed E-state index contributed by atoms with van der Waals surface area (Å²) in [5.74, 6) is 2.05. The fourth-order valence-electron chi connectivity index (χ4n) is 1.54. The molecule has 0 nitrogen and oxygen atoms in total. The van der Waals surface area contributed by atoms with Crippen molar-refractivity contribution in [3.05, 3.63) is 73.1 Å². The van der Waals surface area contributed by atoms with Gasteiger partial charge in [-0.05, 0) is 18.2 Å². The molecular weight excluding hydrogens is 331 g/mol. The van der Waals surface area contributed by atoms with Crippen LogP contribution in [0.4, 0.5) is 0 Å². The van der Waals surface area contributed by atoms with E-state index in [1.807, 2.05) is 5.82 Å². The minimum Gasteiger partial charge on any atom is -0.0985 e. The molecule has 0 aromatic heterocycles. The van der Waals surface area contributed by atoms with Crippen LogP contribution in [0.5, 0.6) is 0 Å². The number of benzene rings is 2. The largest absolute Gasteiger partial charge is 0.0985 e. The molecule has 0 bridgehead atoms. The Hall–Kier alpha value is -0.337. The second kappa shape index (κ2) is 7.89. The van der Waals surface area contributed by atoms with Crippen LogP contribution < -0.4 is 10.6 Å². The van der Waals surface area contributed by atoms with Crippen LogP contribution in [0, 0.1) is 0 Å². The summed E-state index contributed by atoms with van der Waals surface area (Å²) in [6.45, 7) is 3.88. The molecule has 0 aliphatic rings. The number of hydrogen-bond donors (Lipinski definition) is 0. The third-order valence-corrected chi connectivity index (χ3v) is 7.19. The molecule has 0 aliphatic heterocycles. The smallest absolute Gasteiger partial charge is 0 e. The van der Waals surface area contributed by atoms with E-state index in [-0.39, 0.29) is 27.1 Å². The van der Waals surface area contributed by atoms with Crippen molar-refractivity contribution in [2.45, 2.75) is 0 Å². The molecule has 0 amide bonds. The van der Waals surface area contributed by atoms with Gasteiger partial charge in [-0.15, -0.1) is 0 Å². The van der Waals surface area contributed by atoms with Gasteiger partial charge in [-0.25, -0.2) is 0 Å². The van der Waals surface area contributed by atoms with Crippen LogP contribution in [0.15, 0.2) is 73.1 Å². The van der Waals surface area contributed by atoms with Crippen molar-refractivity contribution in [1.29, 1.82) is 0 Å². The third-order valence-electron chi connectivity index (χ3n) is 2.25. The van der Waals surface area contributed by atoms with Gasteiger partial charge in [0.1, 0.15) is 0 Å². The maximum atomic E-state index is 3.88. The van der Waals surface area contributed by atoms with Crippen molar-refractivity contribution in [3.8, 4) is 0 Å². The molecule has 0 N–H and O–H groups in total. The molecule has 1 atom stereocenters. The monoisotopic (exact) mass is 346 g/mol. The summed E-state index contributed by atoms with van der Waals surface area (Å²) < 4.78 is 0. The molecule has 88 valence electrons. The molecule has 0 saturated heterocycles. The van der Waals surface area contributed by atoms with Crippen molar-refractivity contribution in [1.82, 2.24) is 0 Å². The van der Waals surface area contributed by atoms with Gasteiger partial charge in [-0.1, -0.05) is 81.3 Å². The summed E-state index contributed by atoms with van der Waals surface area (Å²) in [5, 5.41) is 2.86. The van der Waals surface area contributed by atoms with Gasteiger partial charge in [0.15, 0.2) is 0 Å². The molecule has 0 heterocycles. The Morgan fingerprint density at radius 3 is 1.59 bits per heavy atom. The molecule has 0 saturated carbocycles. The SMILES string of the molecule is C=CPP(c1ccccc1)c1ccccc1.[Ru]. The Balaban J connectivity index is 0.00000144. The Kier molecular flexibility index (Phi) is 6.83. The predicted octanol–water partition coefficient (Wildman–Crippen LogP) is 3.85. The van der Waals surface area contributed by atoms with Crippen LogP contribution in [0.1, 0.15) is 0 Å². The molecule has 0 radical (unpaired) electrons. The molecule has 1 unspecified atom stereocenters. The van der Waals surface area contributed by atoms with Crippen LogP contribution in [0.2, 0.25) is 0 Å². The van der Waals surface area contributed by atoms with E-state index in [1.165, 1.54) is 10.6 Å². The third kappa shape index (κ3) is 4.11. The first-order valence-corrected chi connectivity index (χ1v) is 8.45. The average Bonchev–Trinajstić information content (AvgIpc) is 2.38. The minimum absolute atomic E-state index is 0. The molecule has 0 aliphatic carbocycles. The second-order valence-corrected chi connectivity index (χ2v) is 7.83. The summed E-state index contributed by atoms with van der Waals surface area (Å²) in [7, 11) is 0.548. The van der Waals surface area contributed by atoms with E-state index in [1.54, 1.807) is 0 Å². The first kappa shape index (κ1) is 14.7. The van der Waals surface area contributed by atoms with E-state index < -0.39 is 0 Å². The van der Waals surface area contributed by atoms with Gasteiger partial charge in [0.2, 0.25) is 0 Å². The quantitative estimate of drug-likeness (QED) is 0.583. The van der Waals surface area contributed by atoms with Gasteiger partial charge < -0.3 is 0 Å². The summed E-state index contributed by atoms with van der Waals surface area (Å²) in [4.78, 5) is 0. The zero-order chi connectivity index (χ0) is 11.2. The molecule has 2 aromatic rings. The van der Waals surface area contributed by atoms with Gasteiger partial charge in [-0.3, -0.25) is 0 Å². The van der Waals surface area contributed by atoms with Crippen molar-refractivity contribution in [2.75, 3.05) is 0 Å². The Morgan fingerprint density at radius 2 is 1.24 bits per heavy atom. The first-order valence-electron chi connectivity index (χ1n) is 5.19. The van der Waals surface area contributed by atoms with E-state index >= 15 is 0 Å². The number of rotatable bonds is 4. The van der Waals surface area contributed by atoms with Crippen LogP contribution in [0.25, 0.3) is 0 Å². The Bertz CT molecular complexity index is 403. The van der Waals surface area contributed by atoms with E-state index in [0.29, 0.717) is 0 Å². The van der Waals surface area contributed by atoms with E-state index in [2.05, 4.69) is 67.2 Å². The fourth-order valence-corrected chi connectivity index (χ4v) is 5.60. The maximum Gasteiger partial charge on any atom is 0 e. The van der Waals surface area contributed by atoms with Gasteiger partial charge in [-0.2, -0.15) is 0 Å². The standard InChI is InChI=1S/C14H14P2.Ru/c1-2-15-16(13-9-5-3-6-10-13)14-11-7-4-8-12-14;/h2-12,15H,1H2;. The number of hydrogen-bond acceptors (Lipinski definition) is 0. The van der Waals surface area contributed by atoms with Crippen LogP contribution in [-0.4, -0.2) is 0 Å². The zero-order valence-corrected chi connectivity index (χ0v) is 13.0. The predicted molar refractivity (Wildman–Crippen MR) is 77.6 cm³/mol. The van der Waals surface area contributed by atoms with Gasteiger partial charge in [0.05, 0.1) is 0 Å². The van der Waals surface area contributed by atoms with Crippen molar-refractivity contribution < 1.29 is 19.5 Å². The second-order valence-electron chi connectivity index (χ2n) is 3.34. The molecule has 0 fully saturated rings. The van der Waals surface area contributed by atoms with Crippen LogP contribution in [-0.2, 0) is 19.5 Å². The van der Waals surface area contributed by atoms with Crippen LogP contribution in [0.3, 0.4) is 0 Å². The van der Waals surface area contributed by atoms with Gasteiger partial charge >= 0.3 is 0 Å². The van der Waals surface area contributed by atoms with E-state index in [4.69, 9.17) is 0 Å². The summed E-state index contributed by atoms with van der Waals surface area (Å²) in [6, 6.07) is 21.5. The minimum atomic E-state index is -0.241. The van der Waals surface area contributed by atoms with Crippen LogP contribution >= 0.6 is 15.9 Å². The average molecular weight is 345 g/mol. The topological polar surface area (TPSA) is 0 Å². The van der Waals surface area contributed by atoms with Crippen molar-refractivity contribution >= 4 is 26.5 Å². The Labute approximate surface area is 119 Å². The molecule has 17 heavy (non-hydrogen) atoms. The summed E-state index contributed by atoms with van der Waals surface area (Å²) >= 11 is 0. The maximum absolute atomic E-state index is 3.88. The molecule has 0 spiro atoms. The Morgan fingerprint density at radius 1 is 0.824 bits per heavy atom. The molecular formula is C14H14P2Ru. The van der Waals surface area contributed by atoms with E-state index in [9.17, 15) is 0 Å². The van der Waals surface area contributed by atoms with Gasteiger partial charge in [0, 0.05) is 19.5 Å². The molecule has 3 heteroatoms. The molecule has 2 rings (SSSR count). The molecule has 2 aromatic carbocycles. The first-order chi connectivity index (χ1) is 7.92. The zero-order valence-electron chi connectivity index (χ0n) is 9.36.